The molecule has 0 saturated heterocycles. The lowest BCUT2D eigenvalue weighted by molar-refractivity contribution is 0.308. The number of ether oxygens (including phenoxy) is 1. The molecule has 4 nitrogen and oxygen atoms in total. The summed E-state index contributed by atoms with van der Waals surface area (Å²) in [5, 5.41) is 3.04. The Hall–Kier alpha value is -1.58. The SMILES string of the molecule is C=C(C)CCOc1cc(NC)nc(C2CC2)n1. The Morgan fingerprint density at radius 2 is 2.29 bits per heavy atom. The number of nitrogens with zero attached hydrogens (tertiary/aromatic N) is 2. The molecule has 1 heterocycles. The Kier molecular flexibility index (Phi) is 3.61. The number of aromatic nitrogens is 2. The Morgan fingerprint density at radius 3 is 2.88 bits per heavy atom. The van der Waals surface area contributed by atoms with Crippen LogP contribution in [0, 0.1) is 0 Å². The van der Waals surface area contributed by atoms with E-state index in [1.807, 2.05) is 20.0 Å². The molecule has 0 unspecified atom stereocenters. The minimum atomic E-state index is 0.534. The van der Waals surface area contributed by atoms with E-state index in [4.69, 9.17) is 4.74 Å². The first-order valence-electron chi connectivity index (χ1n) is 6.03. The molecular formula is C13H19N3O. The third-order valence-electron chi connectivity index (χ3n) is 2.70. The van der Waals surface area contributed by atoms with Crippen molar-refractivity contribution in [2.24, 2.45) is 0 Å². The van der Waals surface area contributed by atoms with Gasteiger partial charge in [-0.1, -0.05) is 5.57 Å². The van der Waals surface area contributed by atoms with Crippen LogP contribution in [0.3, 0.4) is 0 Å². The van der Waals surface area contributed by atoms with Crippen LogP contribution in [0.15, 0.2) is 18.2 Å². The van der Waals surface area contributed by atoms with Gasteiger partial charge in [0.2, 0.25) is 5.88 Å². The number of hydrogen-bond acceptors (Lipinski definition) is 4. The molecule has 1 aromatic heterocycles. The van der Waals surface area contributed by atoms with Gasteiger partial charge in [-0.15, -0.1) is 6.58 Å². The molecule has 1 aromatic rings. The average Bonchev–Trinajstić information content (AvgIpc) is 3.12. The van der Waals surface area contributed by atoms with Gasteiger partial charge in [0, 0.05) is 25.5 Å². The van der Waals surface area contributed by atoms with Gasteiger partial charge >= 0.3 is 0 Å². The van der Waals surface area contributed by atoms with Gasteiger partial charge in [0.05, 0.1) is 6.61 Å². The maximum Gasteiger partial charge on any atom is 0.218 e. The summed E-state index contributed by atoms with van der Waals surface area (Å²) >= 11 is 0. The average molecular weight is 233 g/mol. The van der Waals surface area contributed by atoms with Crippen LogP contribution in [-0.2, 0) is 0 Å². The van der Waals surface area contributed by atoms with E-state index in [9.17, 15) is 0 Å². The summed E-state index contributed by atoms with van der Waals surface area (Å²) in [6.07, 6.45) is 3.24. The first-order valence-corrected chi connectivity index (χ1v) is 6.03. The predicted molar refractivity (Wildman–Crippen MR) is 68.5 cm³/mol. The predicted octanol–water partition coefficient (Wildman–Crippen LogP) is 2.74. The Morgan fingerprint density at radius 1 is 1.53 bits per heavy atom. The highest BCUT2D eigenvalue weighted by molar-refractivity contribution is 5.38. The quantitative estimate of drug-likeness (QED) is 0.767. The van der Waals surface area contributed by atoms with Crippen LogP contribution in [-0.4, -0.2) is 23.6 Å². The summed E-state index contributed by atoms with van der Waals surface area (Å²) in [6, 6.07) is 1.84. The van der Waals surface area contributed by atoms with Gasteiger partial charge in [-0.2, -0.15) is 4.98 Å². The summed E-state index contributed by atoms with van der Waals surface area (Å²) in [4.78, 5) is 8.87. The van der Waals surface area contributed by atoms with E-state index in [1.54, 1.807) is 0 Å². The maximum absolute atomic E-state index is 5.63. The van der Waals surface area contributed by atoms with E-state index in [2.05, 4.69) is 21.9 Å². The summed E-state index contributed by atoms with van der Waals surface area (Å²) < 4.78 is 5.63. The van der Waals surface area contributed by atoms with Crippen molar-refractivity contribution in [1.29, 1.82) is 0 Å². The summed E-state index contributed by atoms with van der Waals surface area (Å²) in [5.74, 6) is 2.92. The van der Waals surface area contributed by atoms with Gasteiger partial charge in [0.25, 0.3) is 0 Å². The monoisotopic (exact) mass is 233 g/mol. The zero-order valence-electron chi connectivity index (χ0n) is 10.5. The number of anilines is 1. The molecule has 0 aromatic carbocycles. The Balaban J connectivity index is 2.04. The van der Waals surface area contributed by atoms with E-state index in [1.165, 1.54) is 12.8 Å². The van der Waals surface area contributed by atoms with Gasteiger partial charge in [-0.3, -0.25) is 0 Å². The van der Waals surface area contributed by atoms with Crippen LogP contribution in [0.25, 0.3) is 0 Å². The van der Waals surface area contributed by atoms with Crippen molar-refractivity contribution in [3.8, 4) is 5.88 Å². The third kappa shape index (κ3) is 3.44. The van der Waals surface area contributed by atoms with Crippen molar-refractivity contribution in [2.45, 2.75) is 32.1 Å². The molecule has 0 atom stereocenters. The third-order valence-corrected chi connectivity index (χ3v) is 2.70. The first kappa shape index (κ1) is 11.9. The topological polar surface area (TPSA) is 47.0 Å². The second-order valence-corrected chi connectivity index (χ2v) is 4.53. The van der Waals surface area contributed by atoms with E-state index in [0.29, 0.717) is 18.4 Å². The fraction of sp³-hybridized carbons (Fsp3) is 0.538. The van der Waals surface area contributed by atoms with Crippen molar-refractivity contribution in [3.05, 3.63) is 24.0 Å². The molecular weight excluding hydrogens is 214 g/mol. The summed E-state index contributed by atoms with van der Waals surface area (Å²) in [7, 11) is 1.86. The fourth-order valence-corrected chi connectivity index (χ4v) is 1.50. The van der Waals surface area contributed by atoms with E-state index in [-0.39, 0.29) is 0 Å². The molecule has 0 radical (unpaired) electrons. The van der Waals surface area contributed by atoms with Crippen molar-refractivity contribution < 1.29 is 4.74 Å². The van der Waals surface area contributed by atoms with Gasteiger partial charge in [0.1, 0.15) is 11.6 Å². The summed E-state index contributed by atoms with van der Waals surface area (Å²) in [5.41, 5.74) is 1.12. The molecule has 0 amide bonds. The normalized spacial score (nSPS) is 14.5. The molecule has 17 heavy (non-hydrogen) atoms. The number of rotatable bonds is 6. The van der Waals surface area contributed by atoms with E-state index in [0.717, 1.165) is 23.6 Å². The number of nitrogens with one attached hydrogen (secondary N) is 1. The highest BCUT2D eigenvalue weighted by atomic mass is 16.5. The second-order valence-electron chi connectivity index (χ2n) is 4.53. The summed E-state index contributed by atoms with van der Waals surface area (Å²) in [6.45, 7) is 6.47. The van der Waals surface area contributed by atoms with E-state index >= 15 is 0 Å². The maximum atomic E-state index is 5.63. The standard InChI is InChI=1S/C13H19N3O/c1-9(2)6-7-17-12-8-11(14-3)15-13(16-12)10-4-5-10/h8,10H,1,4-7H2,2-3H3,(H,14,15,16). The molecule has 2 rings (SSSR count). The second kappa shape index (κ2) is 5.17. The fourth-order valence-electron chi connectivity index (χ4n) is 1.50. The zero-order valence-corrected chi connectivity index (χ0v) is 10.5. The van der Waals surface area contributed by atoms with Crippen molar-refractivity contribution in [3.63, 3.8) is 0 Å². The highest BCUT2D eigenvalue weighted by Gasteiger charge is 2.27. The minimum Gasteiger partial charge on any atom is -0.477 e. The van der Waals surface area contributed by atoms with Crippen molar-refractivity contribution >= 4 is 5.82 Å². The lowest BCUT2D eigenvalue weighted by Gasteiger charge is -2.08. The molecule has 0 spiro atoms. The molecule has 1 saturated carbocycles. The molecule has 4 heteroatoms. The van der Waals surface area contributed by atoms with Gasteiger partial charge in [-0.05, 0) is 19.8 Å². The van der Waals surface area contributed by atoms with Crippen LogP contribution in [0.1, 0.15) is 37.9 Å². The van der Waals surface area contributed by atoms with Crippen molar-refractivity contribution in [1.82, 2.24) is 9.97 Å². The molecule has 1 N–H and O–H groups in total. The largest absolute Gasteiger partial charge is 0.477 e. The first-order chi connectivity index (χ1) is 8.19. The Labute approximate surface area is 102 Å². The van der Waals surface area contributed by atoms with E-state index < -0.39 is 0 Å². The van der Waals surface area contributed by atoms with Gasteiger partial charge < -0.3 is 10.1 Å². The van der Waals surface area contributed by atoms with Crippen molar-refractivity contribution in [2.75, 3.05) is 19.0 Å². The lowest BCUT2D eigenvalue weighted by Crippen LogP contribution is -2.04. The molecule has 92 valence electrons. The minimum absolute atomic E-state index is 0.534. The Bertz CT molecular complexity index is 413. The molecule has 1 aliphatic rings. The van der Waals surface area contributed by atoms with Crippen LogP contribution in [0.5, 0.6) is 5.88 Å². The van der Waals surface area contributed by atoms with Crippen LogP contribution < -0.4 is 10.1 Å². The van der Waals surface area contributed by atoms with Crippen LogP contribution in [0.2, 0.25) is 0 Å². The van der Waals surface area contributed by atoms with Crippen LogP contribution in [0.4, 0.5) is 5.82 Å². The molecule has 1 aliphatic carbocycles. The molecule has 0 bridgehead atoms. The highest BCUT2D eigenvalue weighted by Crippen LogP contribution is 2.39. The molecule has 0 aliphatic heterocycles. The van der Waals surface area contributed by atoms with Crippen LogP contribution >= 0.6 is 0 Å². The number of hydrogen-bond donors (Lipinski definition) is 1. The molecule has 1 fully saturated rings. The smallest absolute Gasteiger partial charge is 0.218 e. The lowest BCUT2D eigenvalue weighted by atomic mass is 10.3. The zero-order chi connectivity index (χ0) is 12.3. The van der Waals surface area contributed by atoms with Gasteiger partial charge in [-0.25, -0.2) is 4.98 Å². The van der Waals surface area contributed by atoms with Gasteiger partial charge in [0.15, 0.2) is 0 Å².